The van der Waals surface area contributed by atoms with Crippen molar-refractivity contribution in [3.63, 3.8) is 0 Å². The average molecular weight is 184 g/mol. The molecule has 0 aliphatic heterocycles. The highest BCUT2D eigenvalue weighted by molar-refractivity contribution is 7.14. The Morgan fingerprint density at radius 2 is 2.67 bits per heavy atom. The number of nitrogens with one attached hydrogen (secondary N) is 1. The van der Waals surface area contributed by atoms with Gasteiger partial charge in [0.2, 0.25) is 0 Å². The van der Waals surface area contributed by atoms with Crippen molar-refractivity contribution in [1.29, 1.82) is 0 Å². The lowest BCUT2D eigenvalue weighted by Gasteiger charge is -1.94. The van der Waals surface area contributed by atoms with E-state index in [0.29, 0.717) is 0 Å². The first-order valence-electron chi connectivity index (χ1n) is 3.24. The highest BCUT2D eigenvalue weighted by Gasteiger charge is 1.97. The van der Waals surface area contributed by atoms with Crippen LogP contribution in [0.2, 0.25) is 0 Å². The molecular formula is C7H8N2O2S. The predicted octanol–water partition coefficient (Wildman–Crippen LogP) is 1.32. The molecule has 0 aliphatic carbocycles. The summed E-state index contributed by atoms with van der Waals surface area (Å²) in [6, 6.07) is 3.66. The summed E-state index contributed by atoms with van der Waals surface area (Å²) in [6.07, 6.45) is 1.08. The van der Waals surface area contributed by atoms with Crippen LogP contribution in [0.5, 0.6) is 0 Å². The van der Waals surface area contributed by atoms with Crippen LogP contribution in [0.15, 0.2) is 22.7 Å². The number of carbonyl (C=O) groups is 1. The van der Waals surface area contributed by atoms with Gasteiger partial charge in [0.05, 0.1) is 5.00 Å². The number of hydrogen-bond donors (Lipinski definition) is 1. The van der Waals surface area contributed by atoms with E-state index >= 15 is 0 Å². The quantitative estimate of drug-likeness (QED) is 0.569. The standard InChI is InChI=1S/C7H8N2O2S/c1-11-8-5-6(10)9-7-3-2-4-12-7/h2-5H,1H3,(H,9,10)/b8-5+. The SMILES string of the molecule is CO/N=C/C(=O)Nc1cccs1. The van der Waals surface area contributed by atoms with Crippen LogP contribution in [0.3, 0.4) is 0 Å². The van der Waals surface area contributed by atoms with Crippen molar-refractivity contribution in [2.45, 2.75) is 0 Å². The largest absolute Gasteiger partial charge is 0.399 e. The molecule has 5 heteroatoms. The van der Waals surface area contributed by atoms with Crippen LogP contribution < -0.4 is 5.32 Å². The molecule has 0 unspecified atom stereocenters. The highest BCUT2D eigenvalue weighted by Crippen LogP contribution is 2.13. The maximum absolute atomic E-state index is 10.9. The van der Waals surface area contributed by atoms with Crippen molar-refractivity contribution in [1.82, 2.24) is 0 Å². The fraction of sp³-hybridized carbons (Fsp3) is 0.143. The van der Waals surface area contributed by atoms with E-state index in [1.807, 2.05) is 17.5 Å². The van der Waals surface area contributed by atoms with E-state index in [1.54, 1.807) is 0 Å². The molecule has 64 valence electrons. The molecule has 0 fully saturated rings. The molecule has 0 saturated carbocycles. The van der Waals surface area contributed by atoms with Gasteiger partial charge < -0.3 is 10.2 Å². The predicted molar refractivity (Wildman–Crippen MR) is 48.4 cm³/mol. The number of carbonyl (C=O) groups excluding carboxylic acids is 1. The molecule has 0 bridgehead atoms. The molecule has 0 aliphatic rings. The van der Waals surface area contributed by atoms with Gasteiger partial charge in [-0.3, -0.25) is 4.79 Å². The molecule has 0 saturated heterocycles. The zero-order valence-electron chi connectivity index (χ0n) is 6.48. The van der Waals surface area contributed by atoms with Gasteiger partial charge in [-0.1, -0.05) is 5.16 Å². The average Bonchev–Trinajstić information content (AvgIpc) is 2.53. The Labute approximate surface area is 73.8 Å². The minimum Gasteiger partial charge on any atom is -0.399 e. The normalized spacial score (nSPS) is 10.1. The lowest BCUT2D eigenvalue weighted by atomic mass is 10.6. The second kappa shape index (κ2) is 4.50. The third-order valence-corrected chi connectivity index (χ3v) is 1.83. The summed E-state index contributed by atoms with van der Waals surface area (Å²) < 4.78 is 0. The van der Waals surface area contributed by atoms with E-state index in [2.05, 4.69) is 15.3 Å². The first-order chi connectivity index (χ1) is 5.83. The molecule has 1 rings (SSSR count). The highest BCUT2D eigenvalue weighted by atomic mass is 32.1. The summed E-state index contributed by atoms with van der Waals surface area (Å²) >= 11 is 1.45. The Bertz CT molecular complexity index is 269. The minimum atomic E-state index is -0.292. The van der Waals surface area contributed by atoms with Crippen LogP contribution in [0.1, 0.15) is 0 Å². The van der Waals surface area contributed by atoms with Gasteiger partial charge in [0, 0.05) is 0 Å². The van der Waals surface area contributed by atoms with Crippen molar-refractivity contribution >= 4 is 28.5 Å². The summed E-state index contributed by atoms with van der Waals surface area (Å²) in [4.78, 5) is 15.3. The van der Waals surface area contributed by atoms with E-state index in [1.165, 1.54) is 18.4 Å². The van der Waals surface area contributed by atoms with Crippen molar-refractivity contribution < 1.29 is 9.63 Å². The van der Waals surface area contributed by atoms with Gasteiger partial charge in [-0.05, 0) is 17.5 Å². The summed E-state index contributed by atoms with van der Waals surface area (Å²) in [5, 5.41) is 8.60. The molecule has 12 heavy (non-hydrogen) atoms. The molecule has 1 amide bonds. The molecule has 4 nitrogen and oxygen atoms in total. The first-order valence-corrected chi connectivity index (χ1v) is 4.12. The number of anilines is 1. The molecule has 1 N–H and O–H groups in total. The van der Waals surface area contributed by atoms with Crippen LogP contribution in [0, 0.1) is 0 Å². The van der Waals surface area contributed by atoms with Crippen molar-refractivity contribution in [2.75, 3.05) is 12.4 Å². The number of amides is 1. The lowest BCUT2D eigenvalue weighted by Crippen LogP contribution is -2.11. The summed E-state index contributed by atoms with van der Waals surface area (Å²) in [7, 11) is 1.38. The van der Waals surface area contributed by atoms with E-state index in [9.17, 15) is 4.79 Å². The maximum Gasteiger partial charge on any atom is 0.270 e. The Morgan fingerprint density at radius 3 is 3.25 bits per heavy atom. The first kappa shape index (κ1) is 8.73. The van der Waals surface area contributed by atoms with Crippen molar-refractivity contribution in [2.24, 2.45) is 5.16 Å². The van der Waals surface area contributed by atoms with Crippen molar-refractivity contribution in [3.05, 3.63) is 17.5 Å². The Balaban J connectivity index is 2.42. The van der Waals surface area contributed by atoms with Crippen LogP contribution in [-0.4, -0.2) is 19.2 Å². The maximum atomic E-state index is 10.9. The third kappa shape index (κ3) is 2.71. The molecule has 1 aromatic rings. The number of hydrogen-bond acceptors (Lipinski definition) is 4. The van der Waals surface area contributed by atoms with E-state index < -0.39 is 0 Å². The molecule has 0 aromatic carbocycles. The number of nitrogens with zero attached hydrogens (tertiary/aromatic N) is 1. The molecule has 0 spiro atoms. The lowest BCUT2D eigenvalue weighted by molar-refractivity contribution is -0.110. The third-order valence-electron chi connectivity index (χ3n) is 1.04. The smallest absolute Gasteiger partial charge is 0.270 e. The van der Waals surface area contributed by atoms with Crippen molar-refractivity contribution in [3.8, 4) is 0 Å². The van der Waals surface area contributed by atoms with Crippen LogP contribution in [0.25, 0.3) is 0 Å². The van der Waals surface area contributed by atoms with Gasteiger partial charge in [-0.15, -0.1) is 11.3 Å². The second-order valence-electron chi connectivity index (χ2n) is 1.88. The van der Waals surface area contributed by atoms with Gasteiger partial charge in [0.15, 0.2) is 0 Å². The van der Waals surface area contributed by atoms with Gasteiger partial charge in [-0.2, -0.15) is 0 Å². The van der Waals surface area contributed by atoms with E-state index in [-0.39, 0.29) is 5.91 Å². The summed E-state index contributed by atoms with van der Waals surface area (Å²) in [5.74, 6) is -0.292. The molecule has 1 aromatic heterocycles. The summed E-state index contributed by atoms with van der Waals surface area (Å²) in [6.45, 7) is 0. The number of thiophene rings is 1. The molecule has 1 heterocycles. The summed E-state index contributed by atoms with van der Waals surface area (Å²) in [5.41, 5.74) is 0. The van der Waals surface area contributed by atoms with E-state index in [4.69, 9.17) is 0 Å². The Kier molecular flexibility index (Phi) is 3.28. The van der Waals surface area contributed by atoms with Crippen LogP contribution in [0.4, 0.5) is 5.00 Å². The second-order valence-corrected chi connectivity index (χ2v) is 2.83. The molecule has 0 atom stereocenters. The fourth-order valence-corrected chi connectivity index (χ4v) is 1.22. The Morgan fingerprint density at radius 1 is 1.83 bits per heavy atom. The topological polar surface area (TPSA) is 50.7 Å². The molecular weight excluding hydrogens is 176 g/mol. The van der Waals surface area contributed by atoms with Gasteiger partial charge in [-0.25, -0.2) is 0 Å². The minimum absolute atomic E-state index is 0.292. The zero-order valence-corrected chi connectivity index (χ0v) is 7.30. The van der Waals surface area contributed by atoms with Gasteiger partial charge in [0.25, 0.3) is 5.91 Å². The fourth-order valence-electron chi connectivity index (χ4n) is 0.604. The zero-order chi connectivity index (χ0) is 8.81. The van der Waals surface area contributed by atoms with E-state index in [0.717, 1.165) is 11.2 Å². The molecule has 0 radical (unpaired) electrons. The monoisotopic (exact) mass is 184 g/mol. The van der Waals surface area contributed by atoms with Gasteiger partial charge >= 0.3 is 0 Å². The number of rotatable bonds is 3. The Hall–Kier alpha value is -1.36. The van der Waals surface area contributed by atoms with Crippen LogP contribution in [-0.2, 0) is 9.63 Å². The number of oxime groups is 1. The van der Waals surface area contributed by atoms with Gasteiger partial charge in [0.1, 0.15) is 13.3 Å². The van der Waals surface area contributed by atoms with Crippen LogP contribution >= 0.6 is 11.3 Å².